The minimum atomic E-state index is -0.451. The second-order valence-corrected chi connectivity index (χ2v) is 4.86. The van der Waals surface area contributed by atoms with Gasteiger partial charge in [0.1, 0.15) is 5.76 Å². The van der Waals surface area contributed by atoms with Crippen LogP contribution in [0, 0.1) is 11.8 Å². The summed E-state index contributed by atoms with van der Waals surface area (Å²) in [5.74, 6) is -0.901. The first-order valence-corrected chi connectivity index (χ1v) is 6.52. The largest absolute Gasteiger partial charge is 0.431 e. The topological polar surface area (TPSA) is 69.7 Å². The molecule has 2 fully saturated rings. The smallest absolute Gasteiger partial charge is 0.317 e. The van der Waals surface area contributed by atoms with E-state index in [2.05, 4.69) is 11.3 Å². The second kappa shape index (κ2) is 6.32. The van der Waals surface area contributed by atoms with E-state index in [1.807, 2.05) is 24.3 Å². The van der Waals surface area contributed by atoms with Crippen LogP contribution >= 0.6 is 0 Å². The lowest BCUT2D eigenvalue weighted by molar-refractivity contribution is -0.153. The van der Waals surface area contributed by atoms with E-state index in [4.69, 9.17) is 4.74 Å². The molecule has 2 atom stereocenters. The lowest BCUT2D eigenvalue weighted by Crippen LogP contribution is -2.05. The average molecular weight is 276 g/mol. The molecule has 2 rings (SSSR count). The third-order valence-electron chi connectivity index (χ3n) is 3.30. The van der Waals surface area contributed by atoms with E-state index >= 15 is 0 Å². The van der Waals surface area contributed by atoms with Crippen LogP contribution in [0.1, 0.15) is 25.7 Å². The zero-order valence-electron chi connectivity index (χ0n) is 11.0. The van der Waals surface area contributed by atoms with Crippen LogP contribution in [0.15, 0.2) is 36.6 Å². The summed E-state index contributed by atoms with van der Waals surface area (Å²) in [6, 6.07) is 0. The van der Waals surface area contributed by atoms with Gasteiger partial charge in [-0.2, -0.15) is 0 Å². The number of rotatable bonds is 5. The van der Waals surface area contributed by atoms with Crippen molar-refractivity contribution in [1.29, 1.82) is 0 Å². The van der Waals surface area contributed by atoms with Gasteiger partial charge in [0.15, 0.2) is 0 Å². The average Bonchev–Trinajstić information content (AvgIpc) is 2.86. The van der Waals surface area contributed by atoms with E-state index < -0.39 is 11.9 Å². The molecule has 0 amide bonds. The zero-order chi connectivity index (χ0) is 14.5. The van der Waals surface area contributed by atoms with Crippen molar-refractivity contribution in [2.75, 3.05) is 0 Å². The van der Waals surface area contributed by atoms with Crippen LogP contribution in [0.2, 0.25) is 0 Å². The van der Waals surface area contributed by atoms with Crippen LogP contribution in [-0.2, 0) is 23.9 Å². The molecule has 5 heteroatoms. The van der Waals surface area contributed by atoms with Gasteiger partial charge >= 0.3 is 17.9 Å². The fraction of sp³-hybridized carbons (Fsp3) is 0.400. The molecule has 0 aromatic rings. The molecule has 0 saturated carbocycles. The summed E-state index contributed by atoms with van der Waals surface area (Å²) in [7, 11) is 0. The van der Waals surface area contributed by atoms with Gasteiger partial charge in [-0.05, 0) is 12.8 Å². The van der Waals surface area contributed by atoms with E-state index in [-0.39, 0.29) is 24.2 Å². The Kier molecular flexibility index (Phi) is 4.50. The first-order valence-electron chi connectivity index (χ1n) is 6.52. The number of hydrogen-bond acceptors (Lipinski definition) is 5. The molecule has 20 heavy (non-hydrogen) atoms. The number of ether oxygens (including phenoxy) is 2. The summed E-state index contributed by atoms with van der Waals surface area (Å²) in [5.41, 5.74) is 0. The van der Waals surface area contributed by atoms with Gasteiger partial charge < -0.3 is 9.47 Å². The lowest BCUT2D eigenvalue weighted by atomic mass is 10.0. The Morgan fingerprint density at radius 3 is 2.00 bits per heavy atom. The van der Waals surface area contributed by atoms with E-state index in [1.54, 1.807) is 0 Å². The highest BCUT2D eigenvalue weighted by atomic mass is 16.6. The van der Waals surface area contributed by atoms with E-state index in [9.17, 15) is 14.4 Å². The van der Waals surface area contributed by atoms with Crippen molar-refractivity contribution in [3.63, 3.8) is 0 Å². The molecule has 0 N–H and O–H groups in total. The van der Waals surface area contributed by atoms with Crippen molar-refractivity contribution in [1.82, 2.24) is 0 Å². The molecule has 2 heterocycles. The molecule has 2 aliphatic rings. The van der Waals surface area contributed by atoms with Crippen LogP contribution in [0.5, 0.6) is 0 Å². The van der Waals surface area contributed by atoms with Crippen molar-refractivity contribution in [2.24, 2.45) is 11.8 Å². The SMILES string of the molecule is C=C1OC(=O)CC1C/C=C/C=C/CC1CC(=O)OC1=O. The van der Waals surface area contributed by atoms with Crippen molar-refractivity contribution in [3.05, 3.63) is 36.6 Å². The third kappa shape index (κ3) is 3.66. The number of hydrogen-bond donors (Lipinski definition) is 0. The van der Waals surface area contributed by atoms with Gasteiger partial charge in [-0.15, -0.1) is 0 Å². The van der Waals surface area contributed by atoms with Crippen LogP contribution in [-0.4, -0.2) is 17.9 Å². The summed E-state index contributed by atoms with van der Waals surface area (Å²) in [6.07, 6.45) is 9.13. The third-order valence-corrected chi connectivity index (χ3v) is 3.30. The van der Waals surface area contributed by atoms with E-state index in [0.717, 1.165) is 0 Å². The fourth-order valence-electron chi connectivity index (χ4n) is 2.15. The van der Waals surface area contributed by atoms with Gasteiger partial charge in [0.2, 0.25) is 0 Å². The highest BCUT2D eigenvalue weighted by molar-refractivity contribution is 5.94. The predicted octanol–water partition coefficient (Wildman–Crippen LogP) is 2.05. The molecule has 0 aromatic heterocycles. The molecule has 2 saturated heterocycles. The summed E-state index contributed by atoms with van der Waals surface area (Å²) >= 11 is 0. The van der Waals surface area contributed by atoms with Gasteiger partial charge in [0.25, 0.3) is 0 Å². The number of esters is 3. The molecule has 0 radical (unpaired) electrons. The number of carbonyl (C=O) groups excluding carboxylic acids is 3. The normalized spacial score (nSPS) is 26.8. The quantitative estimate of drug-likeness (QED) is 0.436. The van der Waals surface area contributed by atoms with Gasteiger partial charge in [-0.25, -0.2) is 0 Å². The Morgan fingerprint density at radius 1 is 0.950 bits per heavy atom. The molecular weight excluding hydrogens is 260 g/mol. The Hall–Kier alpha value is -2.17. The van der Waals surface area contributed by atoms with Crippen LogP contribution in [0.4, 0.5) is 0 Å². The van der Waals surface area contributed by atoms with Gasteiger partial charge in [-0.3, -0.25) is 14.4 Å². The van der Waals surface area contributed by atoms with Crippen molar-refractivity contribution in [2.45, 2.75) is 25.7 Å². The zero-order valence-corrected chi connectivity index (χ0v) is 11.0. The molecular formula is C15H16O5. The molecule has 5 nitrogen and oxygen atoms in total. The van der Waals surface area contributed by atoms with E-state index in [0.29, 0.717) is 25.0 Å². The molecule has 0 spiro atoms. The second-order valence-electron chi connectivity index (χ2n) is 4.86. The summed E-state index contributed by atoms with van der Waals surface area (Å²) in [6.45, 7) is 3.69. The Labute approximate surface area is 116 Å². The predicted molar refractivity (Wildman–Crippen MR) is 70.1 cm³/mol. The van der Waals surface area contributed by atoms with Crippen LogP contribution in [0.25, 0.3) is 0 Å². The Balaban J connectivity index is 1.70. The highest BCUT2D eigenvalue weighted by Gasteiger charge is 2.32. The maximum atomic E-state index is 11.2. The van der Waals surface area contributed by atoms with Crippen LogP contribution < -0.4 is 0 Å². The number of allylic oxidation sites excluding steroid dienone is 5. The van der Waals surface area contributed by atoms with Crippen LogP contribution in [0.3, 0.4) is 0 Å². The molecule has 0 aromatic carbocycles. The standard InChI is InChI=1S/C15H16O5/c1-10-11(8-13(16)19-10)6-4-2-3-5-7-12-9-14(17)20-15(12)18/h2-5,11-12H,1,6-9H2/b4-2+,5-3+. The lowest BCUT2D eigenvalue weighted by Gasteiger charge is -2.01. The summed E-state index contributed by atoms with van der Waals surface area (Å²) < 4.78 is 9.33. The van der Waals surface area contributed by atoms with Gasteiger partial charge in [0, 0.05) is 5.92 Å². The maximum absolute atomic E-state index is 11.2. The minimum absolute atomic E-state index is 0.0505. The first kappa shape index (κ1) is 14.2. The van der Waals surface area contributed by atoms with Crippen molar-refractivity contribution < 1.29 is 23.9 Å². The summed E-state index contributed by atoms with van der Waals surface area (Å²) in [4.78, 5) is 33.1. The molecule has 2 unspecified atom stereocenters. The number of carbonyl (C=O) groups is 3. The monoisotopic (exact) mass is 276 g/mol. The maximum Gasteiger partial charge on any atom is 0.317 e. The molecule has 0 bridgehead atoms. The molecule has 106 valence electrons. The minimum Gasteiger partial charge on any atom is -0.431 e. The molecule has 0 aliphatic carbocycles. The van der Waals surface area contributed by atoms with E-state index in [1.165, 1.54) is 0 Å². The molecule has 2 aliphatic heterocycles. The summed E-state index contributed by atoms with van der Waals surface area (Å²) in [5, 5.41) is 0. The van der Waals surface area contributed by atoms with Gasteiger partial charge in [0.05, 0.1) is 18.8 Å². The fourth-order valence-corrected chi connectivity index (χ4v) is 2.15. The van der Waals surface area contributed by atoms with Crippen molar-refractivity contribution >= 4 is 17.9 Å². The van der Waals surface area contributed by atoms with Crippen molar-refractivity contribution in [3.8, 4) is 0 Å². The Morgan fingerprint density at radius 2 is 1.50 bits per heavy atom. The Bertz CT molecular complexity index is 454. The van der Waals surface area contributed by atoms with Gasteiger partial charge in [-0.1, -0.05) is 30.9 Å². The first-order chi connectivity index (χ1) is 9.56. The number of cyclic esters (lactones) is 3. The highest BCUT2D eigenvalue weighted by Crippen LogP contribution is 2.27.